The Morgan fingerprint density at radius 1 is 1.47 bits per heavy atom. The Labute approximate surface area is 109 Å². The number of aromatic nitrogens is 1. The molecule has 0 bridgehead atoms. The predicted molar refractivity (Wildman–Crippen MR) is 76.0 cm³/mol. The average Bonchev–Trinajstić information content (AvgIpc) is 2.30. The highest BCUT2D eigenvalue weighted by atomic mass is 32.1. The molecule has 1 rings (SSSR count). The summed E-state index contributed by atoms with van der Waals surface area (Å²) >= 11 is 4.93. The molecule has 17 heavy (non-hydrogen) atoms. The molecule has 1 heterocycles. The first-order valence-corrected chi connectivity index (χ1v) is 6.44. The van der Waals surface area contributed by atoms with Crippen LogP contribution in [0.4, 0.5) is 0 Å². The van der Waals surface area contributed by atoms with Crippen molar-refractivity contribution >= 4 is 17.2 Å². The van der Waals surface area contributed by atoms with Crippen LogP contribution in [-0.2, 0) is 6.54 Å². The third-order valence-electron chi connectivity index (χ3n) is 3.07. The van der Waals surface area contributed by atoms with E-state index in [-0.39, 0.29) is 0 Å². The third-order valence-corrected chi connectivity index (χ3v) is 3.28. The molecule has 0 saturated heterocycles. The van der Waals surface area contributed by atoms with Gasteiger partial charge in [0.2, 0.25) is 0 Å². The first-order valence-electron chi connectivity index (χ1n) is 6.03. The Balaban J connectivity index is 2.74. The summed E-state index contributed by atoms with van der Waals surface area (Å²) in [6, 6.07) is 4.61. The second kappa shape index (κ2) is 6.67. The molecule has 0 spiro atoms. The van der Waals surface area contributed by atoms with Gasteiger partial charge < -0.3 is 5.73 Å². The molecule has 1 aromatic rings. The number of rotatable bonds is 6. The molecule has 0 aliphatic carbocycles. The van der Waals surface area contributed by atoms with E-state index in [0.717, 1.165) is 6.54 Å². The first-order chi connectivity index (χ1) is 8.08. The fraction of sp³-hybridized carbons (Fsp3) is 0.538. The van der Waals surface area contributed by atoms with Gasteiger partial charge in [0.15, 0.2) is 0 Å². The average molecular weight is 251 g/mol. The fourth-order valence-corrected chi connectivity index (χ4v) is 2.15. The van der Waals surface area contributed by atoms with Crippen molar-refractivity contribution in [1.29, 1.82) is 0 Å². The highest BCUT2D eigenvalue weighted by molar-refractivity contribution is 7.80. The van der Waals surface area contributed by atoms with Gasteiger partial charge >= 0.3 is 0 Å². The number of hydrogen-bond acceptors (Lipinski definition) is 3. The monoisotopic (exact) mass is 251 g/mol. The summed E-state index contributed by atoms with van der Waals surface area (Å²) in [6.45, 7) is 5.35. The van der Waals surface area contributed by atoms with Gasteiger partial charge in [0, 0.05) is 18.8 Å². The molecule has 0 unspecified atom stereocenters. The van der Waals surface area contributed by atoms with Crippen molar-refractivity contribution < 1.29 is 0 Å². The number of thiocarbonyl (C=S) groups is 1. The molecule has 3 nitrogen and oxygen atoms in total. The normalized spacial score (nSPS) is 11.1. The van der Waals surface area contributed by atoms with E-state index in [1.807, 2.05) is 12.1 Å². The molecule has 0 atom stereocenters. The zero-order valence-corrected chi connectivity index (χ0v) is 11.6. The summed E-state index contributed by atoms with van der Waals surface area (Å²) < 4.78 is 0. The van der Waals surface area contributed by atoms with E-state index in [4.69, 9.17) is 18.0 Å². The molecule has 1 aromatic heterocycles. The molecule has 94 valence electrons. The topological polar surface area (TPSA) is 42.2 Å². The van der Waals surface area contributed by atoms with Gasteiger partial charge in [-0.3, -0.25) is 9.88 Å². The van der Waals surface area contributed by atoms with Crippen molar-refractivity contribution in [3.63, 3.8) is 0 Å². The van der Waals surface area contributed by atoms with E-state index < -0.39 is 0 Å². The zero-order valence-electron chi connectivity index (χ0n) is 10.8. The van der Waals surface area contributed by atoms with Gasteiger partial charge in [0.25, 0.3) is 0 Å². The molecule has 0 amide bonds. The quantitative estimate of drug-likeness (QED) is 0.788. The van der Waals surface area contributed by atoms with Gasteiger partial charge in [-0.1, -0.05) is 26.1 Å². The maximum atomic E-state index is 5.58. The van der Waals surface area contributed by atoms with Crippen molar-refractivity contribution in [3.8, 4) is 0 Å². The van der Waals surface area contributed by atoms with Crippen LogP contribution in [-0.4, -0.2) is 28.0 Å². The van der Waals surface area contributed by atoms with Crippen molar-refractivity contribution in [2.24, 2.45) is 5.73 Å². The number of hydrogen-bond donors (Lipinski definition) is 1. The molecular formula is C13H21N3S. The second-order valence-electron chi connectivity index (χ2n) is 4.30. The Hall–Kier alpha value is -1.00. The van der Waals surface area contributed by atoms with Crippen LogP contribution < -0.4 is 5.73 Å². The maximum absolute atomic E-state index is 5.58. The smallest absolute Gasteiger partial charge is 0.122 e. The summed E-state index contributed by atoms with van der Waals surface area (Å²) in [7, 11) is 2.15. The lowest BCUT2D eigenvalue weighted by molar-refractivity contribution is 0.221. The van der Waals surface area contributed by atoms with Crippen LogP contribution in [0.15, 0.2) is 18.3 Å². The Morgan fingerprint density at radius 3 is 2.65 bits per heavy atom. The van der Waals surface area contributed by atoms with Crippen molar-refractivity contribution in [2.75, 3.05) is 7.05 Å². The van der Waals surface area contributed by atoms with E-state index in [0.29, 0.717) is 16.7 Å². The lowest BCUT2D eigenvalue weighted by Gasteiger charge is -2.26. The minimum atomic E-state index is 0.358. The van der Waals surface area contributed by atoms with Crippen LogP contribution in [0.25, 0.3) is 0 Å². The van der Waals surface area contributed by atoms with E-state index in [1.54, 1.807) is 6.20 Å². The van der Waals surface area contributed by atoms with Crippen LogP contribution in [0.2, 0.25) is 0 Å². The highest BCUT2D eigenvalue weighted by Crippen LogP contribution is 2.11. The maximum Gasteiger partial charge on any atom is 0.122 e. The summed E-state index contributed by atoms with van der Waals surface area (Å²) in [5, 5.41) is 0. The van der Waals surface area contributed by atoms with Gasteiger partial charge in [-0.25, -0.2) is 0 Å². The fourth-order valence-electron chi connectivity index (χ4n) is 2.04. The largest absolute Gasteiger partial charge is 0.388 e. The minimum absolute atomic E-state index is 0.358. The van der Waals surface area contributed by atoms with Crippen molar-refractivity contribution in [1.82, 2.24) is 9.88 Å². The van der Waals surface area contributed by atoms with Gasteiger partial charge in [0.05, 0.1) is 5.69 Å². The lowest BCUT2D eigenvalue weighted by Crippen LogP contribution is -2.30. The highest BCUT2D eigenvalue weighted by Gasteiger charge is 2.11. The van der Waals surface area contributed by atoms with E-state index >= 15 is 0 Å². The lowest BCUT2D eigenvalue weighted by atomic mass is 10.1. The summed E-state index contributed by atoms with van der Waals surface area (Å²) in [5.74, 6) is 0. The minimum Gasteiger partial charge on any atom is -0.388 e. The van der Waals surface area contributed by atoms with Gasteiger partial charge in [0.1, 0.15) is 4.99 Å². The van der Waals surface area contributed by atoms with Crippen LogP contribution in [0, 0.1) is 0 Å². The number of nitrogens with two attached hydrogens (primary N) is 1. The molecular weight excluding hydrogens is 230 g/mol. The molecule has 0 saturated carbocycles. The summed E-state index contributed by atoms with van der Waals surface area (Å²) in [6.07, 6.45) is 4.10. The summed E-state index contributed by atoms with van der Waals surface area (Å²) in [4.78, 5) is 6.86. The van der Waals surface area contributed by atoms with E-state index in [9.17, 15) is 0 Å². The number of pyridine rings is 1. The summed E-state index contributed by atoms with van der Waals surface area (Å²) in [5.41, 5.74) is 7.49. The second-order valence-corrected chi connectivity index (χ2v) is 4.74. The molecule has 0 aromatic carbocycles. The molecule has 0 aliphatic rings. The molecule has 0 fully saturated rings. The predicted octanol–water partition coefficient (Wildman–Crippen LogP) is 2.34. The Kier molecular flexibility index (Phi) is 5.51. The zero-order chi connectivity index (χ0) is 12.8. The van der Waals surface area contributed by atoms with Crippen molar-refractivity contribution in [2.45, 2.75) is 39.3 Å². The Bertz CT molecular complexity index is 375. The molecule has 4 heteroatoms. The SMILES string of the molecule is CCC(CC)N(C)Cc1ccnc(C(N)=S)c1. The van der Waals surface area contributed by atoms with Crippen LogP contribution in [0.3, 0.4) is 0 Å². The van der Waals surface area contributed by atoms with Crippen molar-refractivity contribution in [3.05, 3.63) is 29.6 Å². The Morgan fingerprint density at radius 2 is 2.12 bits per heavy atom. The van der Waals surface area contributed by atoms with Gasteiger partial charge in [-0.2, -0.15) is 0 Å². The third kappa shape index (κ3) is 4.06. The van der Waals surface area contributed by atoms with Crippen LogP contribution in [0.5, 0.6) is 0 Å². The molecule has 2 N–H and O–H groups in total. The molecule has 0 radical (unpaired) electrons. The molecule has 0 aliphatic heterocycles. The van der Waals surface area contributed by atoms with Gasteiger partial charge in [-0.05, 0) is 37.6 Å². The van der Waals surface area contributed by atoms with Crippen LogP contribution >= 0.6 is 12.2 Å². The van der Waals surface area contributed by atoms with E-state index in [1.165, 1.54) is 18.4 Å². The van der Waals surface area contributed by atoms with Crippen LogP contribution in [0.1, 0.15) is 37.9 Å². The van der Waals surface area contributed by atoms with Gasteiger partial charge in [-0.15, -0.1) is 0 Å². The first kappa shape index (κ1) is 14.1. The van der Waals surface area contributed by atoms with E-state index in [2.05, 4.69) is 30.8 Å². The number of nitrogens with zero attached hydrogens (tertiary/aromatic N) is 2. The standard InChI is InChI=1S/C13H21N3S/c1-4-11(5-2)16(3)9-10-6-7-15-12(8-10)13(14)17/h6-8,11H,4-5,9H2,1-3H3,(H2,14,17).